The van der Waals surface area contributed by atoms with Gasteiger partial charge in [0.15, 0.2) is 0 Å². The van der Waals surface area contributed by atoms with Gasteiger partial charge >= 0.3 is 5.97 Å². The van der Waals surface area contributed by atoms with Gasteiger partial charge in [0, 0.05) is 0 Å². The fraction of sp³-hybridized carbons (Fsp3) is 0. The van der Waals surface area contributed by atoms with Crippen molar-refractivity contribution in [2.75, 3.05) is 0 Å². The molecular formula is C15H9ClF2N2O3. The van der Waals surface area contributed by atoms with Crippen LogP contribution in [-0.2, 0) is 0 Å². The Morgan fingerprint density at radius 1 is 1.17 bits per heavy atom. The fourth-order valence-corrected chi connectivity index (χ4v) is 1.91. The molecule has 2 aromatic rings. The molecule has 0 saturated heterocycles. The first-order chi connectivity index (χ1) is 10.9. The molecule has 2 aromatic carbocycles. The molecule has 0 radical (unpaired) electrons. The second-order valence-corrected chi connectivity index (χ2v) is 4.74. The summed E-state index contributed by atoms with van der Waals surface area (Å²) in [5.41, 5.74) is 1.12. The molecule has 2 N–H and O–H groups in total. The molecule has 0 fully saturated rings. The van der Waals surface area contributed by atoms with E-state index in [1.807, 2.05) is 0 Å². The Kier molecular flexibility index (Phi) is 5.02. The number of carboxylic acids is 1. The van der Waals surface area contributed by atoms with Crippen molar-refractivity contribution in [2.24, 2.45) is 5.10 Å². The summed E-state index contributed by atoms with van der Waals surface area (Å²) in [6, 6.07) is 7.50. The Balaban J connectivity index is 2.17. The van der Waals surface area contributed by atoms with Crippen LogP contribution in [-0.4, -0.2) is 23.2 Å². The van der Waals surface area contributed by atoms with Crippen molar-refractivity contribution >= 4 is 29.7 Å². The predicted octanol–water partition coefficient (Wildman–Crippen LogP) is 3.08. The molecule has 23 heavy (non-hydrogen) atoms. The van der Waals surface area contributed by atoms with E-state index in [0.717, 1.165) is 6.21 Å². The zero-order valence-electron chi connectivity index (χ0n) is 11.4. The molecule has 8 heteroatoms. The Morgan fingerprint density at radius 2 is 1.78 bits per heavy atom. The number of nitrogens with one attached hydrogen (secondary N) is 1. The Bertz CT molecular complexity index is 786. The maximum atomic E-state index is 13.7. The van der Waals surface area contributed by atoms with Crippen LogP contribution in [0.25, 0.3) is 0 Å². The molecule has 0 heterocycles. The lowest BCUT2D eigenvalue weighted by molar-refractivity contribution is 0.0695. The number of amides is 1. The maximum Gasteiger partial charge on any atom is 0.335 e. The molecule has 0 unspecified atom stereocenters. The molecule has 0 aliphatic heterocycles. The van der Waals surface area contributed by atoms with Gasteiger partial charge in [-0.1, -0.05) is 23.7 Å². The number of carboxylic acid groups (broad SMARTS) is 1. The van der Waals surface area contributed by atoms with Gasteiger partial charge in [0.1, 0.15) is 11.6 Å². The molecule has 0 aliphatic carbocycles. The van der Waals surface area contributed by atoms with Gasteiger partial charge in [-0.25, -0.2) is 19.0 Å². The van der Waals surface area contributed by atoms with E-state index in [9.17, 15) is 18.4 Å². The van der Waals surface area contributed by atoms with Crippen molar-refractivity contribution < 1.29 is 23.5 Å². The summed E-state index contributed by atoms with van der Waals surface area (Å²) in [4.78, 5) is 22.5. The Hall–Kier alpha value is -2.80. The lowest BCUT2D eigenvalue weighted by Gasteiger charge is -2.03. The predicted molar refractivity (Wildman–Crippen MR) is 79.8 cm³/mol. The number of rotatable bonds is 4. The number of hydrazone groups is 1. The van der Waals surface area contributed by atoms with E-state index in [2.05, 4.69) is 10.5 Å². The molecule has 5 nitrogen and oxygen atoms in total. The van der Waals surface area contributed by atoms with E-state index >= 15 is 0 Å². The molecule has 0 saturated carbocycles. The summed E-state index contributed by atoms with van der Waals surface area (Å²) in [5.74, 6) is -4.34. The van der Waals surface area contributed by atoms with Crippen LogP contribution < -0.4 is 5.43 Å². The first-order valence-electron chi connectivity index (χ1n) is 6.20. The molecule has 0 spiro atoms. The summed E-state index contributed by atoms with van der Waals surface area (Å²) in [7, 11) is 0. The average Bonchev–Trinajstić information content (AvgIpc) is 2.49. The van der Waals surface area contributed by atoms with Crippen molar-refractivity contribution in [3.63, 3.8) is 0 Å². The van der Waals surface area contributed by atoms with Gasteiger partial charge in [0.2, 0.25) is 0 Å². The van der Waals surface area contributed by atoms with E-state index in [1.165, 1.54) is 12.1 Å². The number of carbonyl (C=O) groups is 2. The summed E-state index contributed by atoms with van der Waals surface area (Å²) in [5, 5.41) is 12.3. The lowest BCUT2D eigenvalue weighted by atomic mass is 10.1. The highest BCUT2D eigenvalue weighted by Crippen LogP contribution is 2.15. The van der Waals surface area contributed by atoms with Crippen LogP contribution in [0.15, 0.2) is 41.5 Å². The molecule has 0 aromatic heterocycles. The molecule has 0 aliphatic rings. The average molecular weight is 339 g/mol. The number of nitrogens with zero attached hydrogens (tertiary/aromatic N) is 1. The largest absolute Gasteiger partial charge is 0.478 e. The maximum absolute atomic E-state index is 13.7. The van der Waals surface area contributed by atoms with Crippen LogP contribution in [0.5, 0.6) is 0 Å². The van der Waals surface area contributed by atoms with Crippen LogP contribution in [0.1, 0.15) is 26.3 Å². The highest BCUT2D eigenvalue weighted by molar-refractivity contribution is 6.33. The van der Waals surface area contributed by atoms with Gasteiger partial charge in [0.05, 0.1) is 27.9 Å². The minimum absolute atomic E-state index is 0.147. The fourth-order valence-electron chi connectivity index (χ4n) is 1.69. The molecule has 118 valence electrons. The van der Waals surface area contributed by atoms with Gasteiger partial charge in [-0.05, 0) is 24.3 Å². The Morgan fingerprint density at radius 3 is 2.35 bits per heavy atom. The van der Waals surface area contributed by atoms with Crippen LogP contribution in [0.4, 0.5) is 8.78 Å². The smallest absolute Gasteiger partial charge is 0.335 e. The van der Waals surface area contributed by atoms with Crippen LogP contribution >= 0.6 is 11.6 Å². The molecule has 0 bridgehead atoms. The van der Waals surface area contributed by atoms with E-state index in [1.54, 1.807) is 12.1 Å². The third-order valence-electron chi connectivity index (χ3n) is 2.80. The van der Waals surface area contributed by atoms with Gasteiger partial charge < -0.3 is 5.11 Å². The number of aromatic carboxylic acids is 1. The third kappa shape index (κ3) is 3.89. The lowest BCUT2D eigenvalue weighted by Crippen LogP contribution is -2.18. The topological polar surface area (TPSA) is 78.8 Å². The van der Waals surface area contributed by atoms with Crippen molar-refractivity contribution in [3.05, 3.63) is 69.7 Å². The summed E-state index contributed by atoms with van der Waals surface area (Å²) in [6.45, 7) is 0. The molecule has 0 atom stereocenters. The summed E-state index contributed by atoms with van der Waals surface area (Å²) >= 11 is 5.82. The number of carbonyl (C=O) groups excluding carboxylic acids is 1. The van der Waals surface area contributed by atoms with Gasteiger partial charge in [-0.15, -0.1) is 0 Å². The second-order valence-electron chi connectivity index (χ2n) is 4.34. The van der Waals surface area contributed by atoms with Gasteiger partial charge in [-0.3, -0.25) is 4.79 Å². The minimum Gasteiger partial charge on any atom is -0.478 e. The van der Waals surface area contributed by atoms with Crippen LogP contribution in [0.3, 0.4) is 0 Å². The monoisotopic (exact) mass is 338 g/mol. The number of halogens is 3. The highest BCUT2D eigenvalue weighted by Gasteiger charge is 2.13. The number of hydrogen-bond acceptors (Lipinski definition) is 3. The first kappa shape index (κ1) is 16.6. The zero-order chi connectivity index (χ0) is 17.0. The number of benzene rings is 2. The standard InChI is InChI=1S/C15H9ClF2N2O3/c16-11-4-2-1-3-9(11)14(21)20-19-7-10-12(17)5-8(15(22)23)6-13(10)18/h1-7H,(H,20,21)(H,22,23)/b19-7+. The van der Waals surface area contributed by atoms with Crippen LogP contribution in [0.2, 0.25) is 5.02 Å². The van der Waals surface area contributed by atoms with E-state index in [4.69, 9.17) is 16.7 Å². The zero-order valence-corrected chi connectivity index (χ0v) is 12.1. The minimum atomic E-state index is -1.46. The SMILES string of the molecule is O=C(O)c1cc(F)c(/C=N/NC(=O)c2ccccc2Cl)c(F)c1. The Labute approximate surface area is 134 Å². The highest BCUT2D eigenvalue weighted by atomic mass is 35.5. The molecule has 1 amide bonds. The van der Waals surface area contributed by atoms with Gasteiger partial charge in [-0.2, -0.15) is 5.10 Å². The summed E-state index contributed by atoms with van der Waals surface area (Å²) in [6.07, 6.45) is 0.741. The van der Waals surface area contributed by atoms with Gasteiger partial charge in [0.25, 0.3) is 5.91 Å². The molecule has 2 rings (SSSR count). The first-order valence-corrected chi connectivity index (χ1v) is 6.58. The van der Waals surface area contributed by atoms with E-state index in [-0.39, 0.29) is 10.6 Å². The second kappa shape index (κ2) is 6.97. The van der Waals surface area contributed by atoms with Crippen molar-refractivity contribution in [3.8, 4) is 0 Å². The van der Waals surface area contributed by atoms with E-state index in [0.29, 0.717) is 12.1 Å². The van der Waals surface area contributed by atoms with Crippen LogP contribution in [0, 0.1) is 11.6 Å². The molecular weight excluding hydrogens is 330 g/mol. The number of hydrogen-bond donors (Lipinski definition) is 2. The third-order valence-corrected chi connectivity index (χ3v) is 3.13. The normalized spacial score (nSPS) is 10.7. The van der Waals surface area contributed by atoms with Crippen molar-refractivity contribution in [1.29, 1.82) is 0 Å². The van der Waals surface area contributed by atoms with Crippen molar-refractivity contribution in [2.45, 2.75) is 0 Å². The van der Waals surface area contributed by atoms with E-state index < -0.39 is 34.6 Å². The van der Waals surface area contributed by atoms with Crippen molar-refractivity contribution in [1.82, 2.24) is 5.43 Å². The quantitative estimate of drug-likeness (QED) is 0.664. The summed E-state index contributed by atoms with van der Waals surface area (Å²) < 4.78 is 27.3.